The first-order valence-corrected chi connectivity index (χ1v) is 8.69. The lowest BCUT2D eigenvalue weighted by molar-refractivity contribution is 0.164. The molecule has 0 aliphatic carbocycles. The summed E-state index contributed by atoms with van der Waals surface area (Å²) >= 11 is 0. The first-order chi connectivity index (χ1) is 9.54. The second-order valence-electron chi connectivity index (χ2n) is 5.55. The van der Waals surface area contributed by atoms with Gasteiger partial charge >= 0.3 is 0 Å². The fourth-order valence-corrected chi connectivity index (χ4v) is 5.06. The fraction of sp³-hybridized carbons (Fsp3) is 0.571. The van der Waals surface area contributed by atoms with Crippen LogP contribution in [-0.4, -0.2) is 44.5 Å². The Morgan fingerprint density at radius 1 is 1.45 bits per heavy atom. The topological polar surface area (TPSA) is 72.6 Å². The highest BCUT2D eigenvalue weighted by atomic mass is 32.2. The number of benzene rings is 1. The van der Waals surface area contributed by atoms with Crippen molar-refractivity contribution in [3.8, 4) is 5.75 Å². The molecule has 1 saturated heterocycles. The molecule has 0 bridgehead atoms. The maximum Gasteiger partial charge on any atom is 0.151 e. The van der Waals surface area contributed by atoms with Crippen molar-refractivity contribution in [1.82, 2.24) is 4.90 Å². The maximum absolute atomic E-state index is 11.7. The van der Waals surface area contributed by atoms with Crippen LogP contribution in [0.5, 0.6) is 5.75 Å². The number of rotatable bonds is 3. The Hall–Kier alpha value is -1.11. The zero-order chi connectivity index (χ0) is 14.3. The highest BCUT2D eigenvalue weighted by Gasteiger charge is 2.39. The Balaban J connectivity index is 1.89. The van der Waals surface area contributed by atoms with Crippen molar-refractivity contribution in [2.24, 2.45) is 5.73 Å². The van der Waals surface area contributed by atoms with E-state index in [2.05, 4.69) is 11.0 Å². The molecule has 6 heteroatoms. The van der Waals surface area contributed by atoms with E-state index in [1.165, 1.54) is 11.1 Å². The number of nitrogens with two attached hydrogens (primary N) is 1. The van der Waals surface area contributed by atoms with Crippen molar-refractivity contribution in [2.45, 2.75) is 25.0 Å². The predicted molar refractivity (Wildman–Crippen MR) is 77.4 cm³/mol. The van der Waals surface area contributed by atoms with Crippen LogP contribution < -0.4 is 10.5 Å². The predicted octanol–water partition coefficient (Wildman–Crippen LogP) is 0.698. The van der Waals surface area contributed by atoms with Crippen molar-refractivity contribution >= 4 is 9.84 Å². The van der Waals surface area contributed by atoms with Crippen LogP contribution in [0.2, 0.25) is 0 Å². The van der Waals surface area contributed by atoms with Crippen LogP contribution in [0.4, 0.5) is 0 Å². The molecule has 0 spiro atoms. The smallest absolute Gasteiger partial charge is 0.151 e. The molecule has 2 aliphatic heterocycles. The lowest BCUT2D eigenvalue weighted by Crippen LogP contribution is -2.37. The minimum atomic E-state index is -2.87. The molecule has 0 radical (unpaired) electrons. The first kappa shape index (κ1) is 13.9. The Labute approximate surface area is 119 Å². The molecule has 2 unspecified atom stereocenters. The van der Waals surface area contributed by atoms with Crippen molar-refractivity contribution in [3.63, 3.8) is 0 Å². The molecule has 1 fully saturated rings. The molecular formula is C14H20N2O3S. The third-order valence-corrected chi connectivity index (χ3v) is 6.12. The van der Waals surface area contributed by atoms with Gasteiger partial charge in [-0.25, -0.2) is 8.42 Å². The van der Waals surface area contributed by atoms with E-state index in [0.717, 1.165) is 12.3 Å². The Bertz CT molecular complexity index is 615. The SMILES string of the molecule is COc1ccc2c(c1)C(CN)N(C1CCS(=O)(=O)C1)C2. The van der Waals surface area contributed by atoms with Gasteiger partial charge in [-0.15, -0.1) is 0 Å². The van der Waals surface area contributed by atoms with Gasteiger partial charge in [0, 0.05) is 25.2 Å². The van der Waals surface area contributed by atoms with Gasteiger partial charge in [0.1, 0.15) is 5.75 Å². The zero-order valence-electron chi connectivity index (χ0n) is 11.6. The Kier molecular flexibility index (Phi) is 3.48. The van der Waals surface area contributed by atoms with Crippen LogP contribution in [-0.2, 0) is 16.4 Å². The van der Waals surface area contributed by atoms with E-state index in [1.807, 2.05) is 12.1 Å². The molecule has 2 heterocycles. The summed E-state index contributed by atoms with van der Waals surface area (Å²) in [7, 11) is -1.22. The normalized spacial score (nSPS) is 28.5. The van der Waals surface area contributed by atoms with Crippen LogP contribution in [0.3, 0.4) is 0 Å². The van der Waals surface area contributed by atoms with E-state index < -0.39 is 9.84 Å². The number of sulfone groups is 1. The molecular weight excluding hydrogens is 276 g/mol. The van der Waals surface area contributed by atoms with Gasteiger partial charge in [-0.3, -0.25) is 4.90 Å². The average molecular weight is 296 g/mol. The summed E-state index contributed by atoms with van der Waals surface area (Å²) in [5, 5.41) is 0. The summed E-state index contributed by atoms with van der Waals surface area (Å²) in [6.45, 7) is 1.28. The van der Waals surface area contributed by atoms with Gasteiger partial charge in [0.15, 0.2) is 9.84 Å². The highest BCUT2D eigenvalue weighted by Crippen LogP contribution is 2.38. The van der Waals surface area contributed by atoms with Gasteiger partial charge in [-0.2, -0.15) is 0 Å². The lowest BCUT2D eigenvalue weighted by atomic mass is 10.0. The van der Waals surface area contributed by atoms with E-state index in [-0.39, 0.29) is 17.8 Å². The number of fused-ring (bicyclic) bond motifs is 1. The van der Waals surface area contributed by atoms with Gasteiger partial charge in [0.25, 0.3) is 0 Å². The van der Waals surface area contributed by atoms with Crippen molar-refractivity contribution in [1.29, 1.82) is 0 Å². The van der Waals surface area contributed by atoms with Gasteiger partial charge in [-0.1, -0.05) is 6.07 Å². The molecule has 3 rings (SSSR count). The first-order valence-electron chi connectivity index (χ1n) is 6.87. The second kappa shape index (κ2) is 5.02. The molecule has 1 aromatic rings. The van der Waals surface area contributed by atoms with E-state index in [1.54, 1.807) is 7.11 Å². The van der Waals surface area contributed by atoms with Crippen LogP contribution in [0.1, 0.15) is 23.6 Å². The zero-order valence-corrected chi connectivity index (χ0v) is 12.4. The van der Waals surface area contributed by atoms with Gasteiger partial charge in [0.2, 0.25) is 0 Å². The van der Waals surface area contributed by atoms with E-state index in [9.17, 15) is 8.42 Å². The van der Waals surface area contributed by atoms with Gasteiger partial charge < -0.3 is 10.5 Å². The summed E-state index contributed by atoms with van der Waals surface area (Å²) in [5.41, 5.74) is 8.34. The van der Waals surface area contributed by atoms with Crippen LogP contribution in [0.15, 0.2) is 18.2 Å². The largest absolute Gasteiger partial charge is 0.497 e. The van der Waals surface area contributed by atoms with Gasteiger partial charge in [0.05, 0.1) is 18.6 Å². The maximum atomic E-state index is 11.7. The Morgan fingerprint density at radius 3 is 2.85 bits per heavy atom. The van der Waals surface area contributed by atoms with Crippen LogP contribution >= 0.6 is 0 Å². The highest BCUT2D eigenvalue weighted by molar-refractivity contribution is 7.91. The van der Waals surface area contributed by atoms with E-state index >= 15 is 0 Å². The number of methoxy groups -OCH3 is 1. The quantitative estimate of drug-likeness (QED) is 0.889. The second-order valence-corrected chi connectivity index (χ2v) is 7.77. The van der Waals surface area contributed by atoms with Gasteiger partial charge in [-0.05, 0) is 29.7 Å². The lowest BCUT2D eigenvalue weighted by Gasteiger charge is -2.29. The van der Waals surface area contributed by atoms with Crippen molar-refractivity contribution in [3.05, 3.63) is 29.3 Å². The average Bonchev–Trinajstić information content (AvgIpc) is 2.97. The molecule has 2 aliphatic rings. The molecule has 0 aromatic heterocycles. The van der Waals surface area contributed by atoms with Crippen LogP contribution in [0.25, 0.3) is 0 Å². The third kappa shape index (κ3) is 2.32. The van der Waals surface area contributed by atoms with Crippen molar-refractivity contribution in [2.75, 3.05) is 25.2 Å². The number of hydrogen-bond donors (Lipinski definition) is 1. The molecule has 5 nitrogen and oxygen atoms in total. The summed E-state index contributed by atoms with van der Waals surface area (Å²) in [4.78, 5) is 2.24. The summed E-state index contributed by atoms with van der Waals surface area (Å²) in [5.74, 6) is 1.38. The summed E-state index contributed by atoms with van der Waals surface area (Å²) < 4.78 is 28.6. The molecule has 2 atom stereocenters. The fourth-order valence-electron chi connectivity index (χ4n) is 3.32. The standard InChI is InChI=1S/C14H20N2O3S/c1-19-12-3-2-10-8-16(14(7-15)13(10)6-12)11-4-5-20(17,18)9-11/h2-3,6,11,14H,4-5,7-9,15H2,1H3. The number of hydrogen-bond acceptors (Lipinski definition) is 5. The molecule has 110 valence electrons. The minimum Gasteiger partial charge on any atom is -0.497 e. The monoisotopic (exact) mass is 296 g/mol. The number of nitrogens with zero attached hydrogens (tertiary/aromatic N) is 1. The summed E-state index contributed by atoms with van der Waals surface area (Å²) in [6, 6.07) is 6.21. The molecule has 0 amide bonds. The molecule has 2 N–H and O–H groups in total. The Morgan fingerprint density at radius 2 is 2.25 bits per heavy atom. The molecule has 1 aromatic carbocycles. The third-order valence-electron chi connectivity index (χ3n) is 4.37. The number of ether oxygens (including phenoxy) is 1. The van der Waals surface area contributed by atoms with Crippen molar-refractivity contribution < 1.29 is 13.2 Å². The molecule has 20 heavy (non-hydrogen) atoms. The molecule has 0 saturated carbocycles. The van der Waals surface area contributed by atoms with E-state index in [4.69, 9.17) is 10.5 Å². The summed E-state index contributed by atoms with van der Waals surface area (Å²) in [6.07, 6.45) is 0.712. The van der Waals surface area contributed by atoms with E-state index in [0.29, 0.717) is 18.7 Å². The minimum absolute atomic E-state index is 0.0898. The van der Waals surface area contributed by atoms with Crippen LogP contribution in [0, 0.1) is 0 Å².